The third-order valence-corrected chi connectivity index (χ3v) is 3.31. The molecule has 1 aromatic rings. The molecule has 0 fully saturated rings. The molecule has 16 heavy (non-hydrogen) atoms. The summed E-state index contributed by atoms with van der Waals surface area (Å²) >= 11 is 0. The smallest absolute Gasteiger partial charge is 0.273 e. The summed E-state index contributed by atoms with van der Waals surface area (Å²) in [5, 5.41) is 12.6. The highest BCUT2D eigenvalue weighted by molar-refractivity contribution is 7.89. The maximum atomic E-state index is 11.3. The number of primary sulfonamides is 1. The topological polar surface area (TPSA) is 90.9 Å². The van der Waals surface area contributed by atoms with Gasteiger partial charge in [-0.25, -0.2) is 13.6 Å². The Bertz CT molecular complexity index is 452. The molecule has 1 atom stereocenters. The van der Waals surface area contributed by atoms with Gasteiger partial charge in [0.1, 0.15) is 5.82 Å². The van der Waals surface area contributed by atoms with Crippen molar-refractivity contribution in [2.75, 3.05) is 0 Å². The van der Waals surface area contributed by atoms with Gasteiger partial charge in [0.2, 0.25) is 0 Å². The summed E-state index contributed by atoms with van der Waals surface area (Å²) in [5.41, 5.74) is 0. The van der Waals surface area contributed by atoms with Gasteiger partial charge in [-0.05, 0) is 12.8 Å². The van der Waals surface area contributed by atoms with E-state index in [4.69, 9.17) is 5.14 Å². The lowest BCUT2D eigenvalue weighted by Crippen LogP contribution is -2.20. The largest absolute Gasteiger partial charge is 0.301 e. The molecule has 0 aliphatic heterocycles. The summed E-state index contributed by atoms with van der Waals surface area (Å²) in [5.74, 6) is 0.864. The highest BCUT2D eigenvalue weighted by Gasteiger charge is 2.22. The Morgan fingerprint density at radius 3 is 2.44 bits per heavy atom. The molecule has 2 N–H and O–H groups in total. The summed E-state index contributed by atoms with van der Waals surface area (Å²) in [7, 11) is -3.79. The van der Waals surface area contributed by atoms with E-state index in [-0.39, 0.29) is 11.1 Å². The maximum absolute atomic E-state index is 11.3. The zero-order valence-electron chi connectivity index (χ0n) is 9.84. The lowest BCUT2D eigenvalue weighted by molar-refractivity contribution is 0.529. The van der Waals surface area contributed by atoms with E-state index in [0.717, 1.165) is 12.8 Å². The molecule has 7 heteroatoms. The molecule has 0 saturated heterocycles. The number of nitrogens with zero attached hydrogens (tertiary/aromatic N) is 3. The molecule has 92 valence electrons. The molecular weight excluding hydrogens is 228 g/mol. The Hall–Kier alpha value is -0.950. The summed E-state index contributed by atoms with van der Waals surface area (Å²) in [6.07, 6.45) is 1.69. The number of hydrogen-bond donors (Lipinski definition) is 1. The molecule has 0 aromatic carbocycles. The second-order valence-corrected chi connectivity index (χ2v) is 5.30. The summed E-state index contributed by atoms with van der Waals surface area (Å²) < 4.78 is 24.2. The molecule has 0 saturated carbocycles. The monoisotopic (exact) mass is 246 g/mol. The van der Waals surface area contributed by atoms with E-state index < -0.39 is 10.0 Å². The molecule has 1 heterocycles. The van der Waals surface area contributed by atoms with Gasteiger partial charge in [-0.15, -0.1) is 10.2 Å². The van der Waals surface area contributed by atoms with Gasteiger partial charge < -0.3 is 4.57 Å². The van der Waals surface area contributed by atoms with Gasteiger partial charge in [0.05, 0.1) is 0 Å². The SMILES string of the molecule is CCCn1c(C(C)CC)nnc1S(N)(=O)=O. The third-order valence-electron chi connectivity index (χ3n) is 2.50. The molecule has 1 unspecified atom stereocenters. The van der Waals surface area contributed by atoms with Crippen molar-refractivity contribution < 1.29 is 8.42 Å². The van der Waals surface area contributed by atoms with E-state index in [1.165, 1.54) is 0 Å². The standard InChI is InChI=1S/C9H18N4O2S/c1-4-6-13-8(7(3)5-2)11-12-9(13)16(10,14)15/h7H,4-6H2,1-3H3,(H2,10,14,15). The van der Waals surface area contributed by atoms with Gasteiger partial charge in [-0.2, -0.15) is 0 Å². The van der Waals surface area contributed by atoms with Crippen LogP contribution < -0.4 is 5.14 Å². The van der Waals surface area contributed by atoms with Gasteiger partial charge >= 0.3 is 0 Å². The van der Waals surface area contributed by atoms with E-state index in [1.807, 2.05) is 20.8 Å². The third kappa shape index (κ3) is 2.59. The fraction of sp³-hybridized carbons (Fsp3) is 0.778. The predicted octanol–water partition coefficient (Wildman–Crippen LogP) is 0.849. The average Bonchev–Trinajstić information content (AvgIpc) is 2.60. The fourth-order valence-corrected chi connectivity index (χ4v) is 2.14. The molecule has 1 aromatic heterocycles. The van der Waals surface area contributed by atoms with Gasteiger partial charge in [0, 0.05) is 12.5 Å². The molecule has 0 aliphatic rings. The van der Waals surface area contributed by atoms with Gasteiger partial charge in [0.15, 0.2) is 0 Å². The van der Waals surface area contributed by atoms with Crippen LogP contribution in [0.15, 0.2) is 5.16 Å². The molecule has 6 nitrogen and oxygen atoms in total. The first-order chi connectivity index (χ1) is 7.41. The van der Waals surface area contributed by atoms with Crippen molar-refractivity contribution in [2.45, 2.75) is 51.2 Å². The van der Waals surface area contributed by atoms with Crippen LogP contribution in [0.4, 0.5) is 0 Å². The fourth-order valence-electron chi connectivity index (χ4n) is 1.49. The van der Waals surface area contributed by atoms with E-state index in [2.05, 4.69) is 10.2 Å². The molecule has 0 bridgehead atoms. The number of rotatable bonds is 5. The molecule has 0 amide bonds. The van der Waals surface area contributed by atoms with Crippen molar-refractivity contribution in [1.29, 1.82) is 0 Å². The van der Waals surface area contributed by atoms with E-state index >= 15 is 0 Å². The van der Waals surface area contributed by atoms with Crippen molar-refractivity contribution in [3.63, 3.8) is 0 Å². The Labute approximate surface area is 95.9 Å². The number of hydrogen-bond acceptors (Lipinski definition) is 4. The van der Waals surface area contributed by atoms with Crippen LogP contribution in [0.2, 0.25) is 0 Å². The minimum atomic E-state index is -3.79. The minimum absolute atomic E-state index is 0.135. The van der Waals surface area contributed by atoms with Gasteiger partial charge in [-0.3, -0.25) is 0 Å². The van der Waals surface area contributed by atoms with Gasteiger partial charge in [0.25, 0.3) is 15.2 Å². The van der Waals surface area contributed by atoms with Crippen LogP contribution in [0.25, 0.3) is 0 Å². The minimum Gasteiger partial charge on any atom is -0.301 e. The first-order valence-corrected chi connectivity index (χ1v) is 6.92. The molecular formula is C9H18N4O2S. The second-order valence-electron chi connectivity index (χ2n) is 3.85. The zero-order valence-corrected chi connectivity index (χ0v) is 10.7. The quantitative estimate of drug-likeness (QED) is 0.833. The lowest BCUT2D eigenvalue weighted by Gasteiger charge is -2.11. The van der Waals surface area contributed by atoms with E-state index in [1.54, 1.807) is 4.57 Å². The van der Waals surface area contributed by atoms with Crippen molar-refractivity contribution in [3.05, 3.63) is 5.82 Å². The number of nitrogens with two attached hydrogens (primary N) is 1. The first-order valence-electron chi connectivity index (χ1n) is 5.37. The molecule has 0 spiro atoms. The van der Waals surface area contributed by atoms with E-state index in [9.17, 15) is 8.42 Å². The normalized spacial score (nSPS) is 14.0. The van der Waals surface area contributed by atoms with E-state index in [0.29, 0.717) is 12.4 Å². The summed E-state index contributed by atoms with van der Waals surface area (Å²) in [6, 6.07) is 0. The van der Waals surface area contributed by atoms with Crippen molar-refractivity contribution >= 4 is 10.0 Å². The first kappa shape index (κ1) is 13.1. The lowest BCUT2D eigenvalue weighted by atomic mass is 10.1. The molecule has 0 aliphatic carbocycles. The Morgan fingerprint density at radius 2 is 2.00 bits per heavy atom. The van der Waals surface area contributed by atoms with Crippen LogP contribution in [0.1, 0.15) is 45.4 Å². The van der Waals surface area contributed by atoms with Crippen molar-refractivity contribution in [2.24, 2.45) is 5.14 Å². The van der Waals surface area contributed by atoms with Crippen molar-refractivity contribution in [3.8, 4) is 0 Å². The highest BCUT2D eigenvalue weighted by atomic mass is 32.2. The van der Waals surface area contributed by atoms with Crippen LogP contribution in [0.5, 0.6) is 0 Å². The Kier molecular flexibility index (Phi) is 4.03. The Balaban J connectivity index is 3.27. The average molecular weight is 246 g/mol. The predicted molar refractivity (Wildman–Crippen MR) is 60.4 cm³/mol. The zero-order chi connectivity index (χ0) is 12.3. The van der Waals surface area contributed by atoms with Crippen LogP contribution >= 0.6 is 0 Å². The molecule has 0 radical (unpaired) electrons. The van der Waals surface area contributed by atoms with Crippen molar-refractivity contribution in [1.82, 2.24) is 14.8 Å². The van der Waals surface area contributed by atoms with Crippen LogP contribution in [-0.4, -0.2) is 23.2 Å². The number of aromatic nitrogens is 3. The Morgan fingerprint density at radius 1 is 1.38 bits per heavy atom. The van der Waals surface area contributed by atoms with Gasteiger partial charge in [-0.1, -0.05) is 20.8 Å². The van der Waals surface area contributed by atoms with Crippen LogP contribution in [0, 0.1) is 0 Å². The number of sulfonamides is 1. The molecule has 1 rings (SSSR count). The summed E-state index contributed by atoms with van der Waals surface area (Å²) in [6.45, 7) is 6.54. The highest BCUT2D eigenvalue weighted by Crippen LogP contribution is 2.19. The summed E-state index contributed by atoms with van der Waals surface area (Å²) in [4.78, 5) is 0. The maximum Gasteiger partial charge on any atom is 0.273 e. The second kappa shape index (κ2) is 4.92. The van der Waals surface area contributed by atoms with Crippen LogP contribution in [0.3, 0.4) is 0 Å². The van der Waals surface area contributed by atoms with Crippen LogP contribution in [-0.2, 0) is 16.6 Å².